The summed E-state index contributed by atoms with van der Waals surface area (Å²) in [6, 6.07) is 5.73. The van der Waals surface area contributed by atoms with Gasteiger partial charge in [0.25, 0.3) is 0 Å². The summed E-state index contributed by atoms with van der Waals surface area (Å²) in [6.07, 6.45) is 3.94. The molecule has 32 heavy (non-hydrogen) atoms. The van der Waals surface area contributed by atoms with E-state index in [4.69, 9.17) is 19.4 Å². The molecule has 1 N–H and O–H groups in total. The molecule has 0 bridgehead atoms. The van der Waals surface area contributed by atoms with Crippen molar-refractivity contribution < 1.29 is 37.3 Å². The minimum atomic E-state index is -5.08. The summed E-state index contributed by atoms with van der Waals surface area (Å²) in [5.41, 5.74) is -0.0379. The molecule has 2 saturated heterocycles. The molecule has 1 aromatic heterocycles. The third kappa shape index (κ3) is 6.82. The van der Waals surface area contributed by atoms with E-state index in [1.54, 1.807) is 6.20 Å². The minimum Gasteiger partial charge on any atom is -0.478 e. The van der Waals surface area contributed by atoms with Crippen molar-refractivity contribution in [2.45, 2.75) is 56.7 Å². The number of amides is 1. The fourth-order valence-electron chi connectivity index (χ4n) is 4.32. The van der Waals surface area contributed by atoms with Crippen molar-refractivity contribution in [2.24, 2.45) is 11.8 Å². The number of likely N-dealkylation sites (tertiary alicyclic amines) is 1. The highest BCUT2D eigenvalue weighted by molar-refractivity contribution is 5.76. The van der Waals surface area contributed by atoms with Gasteiger partial charge in [-0.3, -0.25) is 4.79 Å². The van der Waals surface area contributed by atoms with Crippen molar-refractivity contribution in [1.82, 2.24) is 9.88 Å². The number of pyridine rings is 1. The Morgan fingerprint density at radius 1 is 1.22 bits per heavy atom. The molecular weight excluding hydrogens is 429 g/mol. The molecule has 1 spiro atoms. The molecule has 10 heteroatoms. The Labute approximate surface area is 184 Å². The number of carboxylic acids is 1. The first-order valence-corrected chi connectivity index (χ1v) is 11.0. The van der Waals surface area contributed by atoms with Crippen LogP contribution < -0.4 is 4.74 Å². The van der Waals surface area contributed by atoms with Gasteiger partial charge in [0.1, 0.15) is 0 Å². The molecular formula is C22H29F3N2O5. The molecule has 2 aliphatic heterocycles. The Bertz CT molecular complexity index is 763. The highest BCUT2D eigenvalue weighted by Crippen LogP contribution is 2.43. The Kier molecular flexibility index (Phi) is 7.97. The van der Waals surface area contributed by atoms with E-state index in [2.05, 4.69) is 9.88 Å². The Hall–Kier alpha value is -2.36. The third-order valence-electron chi connectivity index (χ3n) is 6.32. The number of ether oxygens (including phenoxy) is 2. The van der Waals surface area contributed by atoms with E-state index in [0.717, 1.165) is 51.8 Å². The first-order chi connectivity index (χ1) is 15.2. The molecule has 3 aliphatic rings. The maximum Gasteiger partial charge on any atom is 0.490 e. The zero-order chi connectivity index (χ0) is 23.2. The average Bonchev–Trinajstić information content (AvgIpc) is 3.50. The summed E-state index contributed by atoms with van der Waals surface area (Å²) >= 11 is 0. The molecule has 1 amide bonds. The summed E-state index contributed by atoms with van der Waals surface area (Å²) in [5.74, 6) is -0.520. The van der Waals surface area contributed by atoms with E-state index >= 15 is 0 Å². The number of rotatable bonds is 6. The number of piperidine rings is 1. The van der Waals surface area contributed by atoms with Crippen molar-refractivity contribution in [3.8, 4) is 5.88 Å². The average molecular weight is 458 g/mol. The third-order valence-corrected chi connectivity index (χ3v) is 6.32. The Balaban J connectivity index is 0.000000360. The molecule has 1 aromatic rings. The summed E-state index contributed by atoms with van der Waals surface area (Å²) < 4.78 is 43.7. The van der Waals surface area contributed by atoms with Crippen LogP contribution in [0, 0.1) is 11.8 Å². The number of alkyl halides is 3. The van der Waals surface area contributed by atoms with Crippen molar-refractivity contribution >= 4 is 11.9 Å². The number of hydrogen-bond acceptors (Lipinski definition) is 5. The number of hydrogen-bond donors (Lipinski definition) is 1. The van der Waals surface area contributed by atoms with Crippen molar-refractivity contribution in [3.63, 3.8) is 0 Å². The number of carbonyl (C=O) groups is 2. The summed E-state index contributed by atoms with van der Waals surface area (Å²) in [6.45, 7) is 3.22. The van der Waals surface area contributed by atoms with Crippen LogP contribution in [0.2, 0.25) is 0 Å². The Morgan fingerprint density at radius 2 is 1.91 bits per heavy atom. The van der Waals surface area contributed by atoms with Crippen LogP contribution in [0.4, 0.5) is 13.2 Å². The quantitative estimate of drug-likeness (QED) is 0.700. The van der Waals surface area contributed by atoms with Crippen LogP contribution in [0.3, 0.4) is 0 Å². The second-order valence-corrected chi connectivity index (χ2v) is 8.54. The first-order valence-electron chi connectivity index (χ1n) is 11.0. The Morgan fingerprint density at radius 3 is 2.47 bits per heavy atom. The standard InChI is InChI=1S/C20H28N2O3.C2HF3O2/c23-19(15-16-4-5-16)22-11-8-20(9-12-22)17(7-14-25-20)6-13-24-18-3-1-2-10-21-18;3-2(4,5)1(6)7/h1-3,10,16-17H,4-9,11-15H2;(H,6,7). The van der Waals surface area contributed by atoms with E-state index in [1.165, 1.54) is 12.8 Å². The molecule has 1 atom stereocenters. The SMILES string of the molecule is O=C(CC1CC1)N1CCC2(CC1)OCCC2CCOc1ccccn1.O=C(O)C(F)(F)F. The van der Waals surface area contributed by atoms with Gasteiger partial charge in [-0.25, -0.2) is 9.78 Å². The second kappa shape index (κ2) is 10.5. The van der Waals surface area contributed by atoms with Crippen LogP contribution in [0.1, 0.15) is 44.9 Å². The van der Waals surface area contributed by atoms with Gasteiger partial charge in [-0.05, 0) is 56.4 Å². The van der Waals surface area contributed by atoms with Crippen LogP contribution in [-0.2, 0) is 14.3 Å². The van der Waals surface area contributed by atoms with Crippen LogP contribution in [0.15, 0.2) is 24.4 Å². The van der Waals surface area contributed by atoms with E-state index in [1.807, 2.05) is 18.2 Å². The predicted octanol–water partition coefficient (Wildman–Crippen LogP) is 3.68. The normalized spacial score (nSPS) is 22.2. The number of carbonyl (C=O) groups excluding carboxylic acids is 1. The first kappa shape index (κ1) is 24.3. The predicted molar refractivity (Wildman–Crippen MR) is 108 cm³/mol. The highest BCUT2D eigenvalue weighted by Gasteiger charge is 2.46. The molecule has 1 aliphatic carbocycles. The van der Waals surface area contributed by atoms with Crippen molar-refractivity contribution in [3.05, 3.63) is 24.4 Å². The van der Waals surface area contributed by atoms with Crippen molar-refractivity contribution in [2.75, 3.05) is 26.3 Å². The van der Waals surface area contributed by atoms with Gasteiger partial charge in [-0.1, -0.05) is 6.07 Å². The monoisotopic (exact) mass is 458 g/mol. The van der Waals surface area contributed by atoms with E-state index in [9.17, 15) is 18.0 Å². The fourth-order valence-corrected chi connectivity index (χ4v) is 4.32. The number of halogens is 3. The summed E-state index contributed by atoms with van der Waals surface area (Å²) in [4.78, 5) is 27.5. The van der Waals surface area contributed by atoms with E-state index in [-0.39, 0.29) is 5.60 Å². The number of aliphatic carboxylic acids is 1. The van der Waals surface area contributed by atoms with Gasteiger partial charge in [0.15, 0.2) is 0 Å². The second-order valence-electron chi connectivity index (χ2n) is 8.54. The number of nitrogens with zero attached hydrogens (tertiary/aromatic N) is 2. The van der Waals surface area contributed by atoms with Gasteiger partial charge in [-0.2, -0.15) is 13.2 Å². The van der Waals surface area contributed by atoms with E-state index < -0.39 is 12.1 Å². The van der Waals surface area contributed by atoms with Crippen molar-refractivity contribution in [1.29, 1.82) is 0 Å². The van der Waals surface area contributed by atoms with Crippen LogP contribution in [-0.4, -0.2) is 64.9 Å². The van der Waals surface area contributed by atoms with Gasteiger partial charge in [0.2, 0.25) is 11.8 Å². The van der Waals surface area contributed by atoms with Gasteiger partial charge in [0.05, 0.1) is 12.2 Å². The lowest BCUT2D eigenvalue weighted by molar-refractivity contribution is -0.192. The van der Waals surface area contributed by atoms with E-state index in [0.29, 0.717) is 30.2 Å². The van der Waals surface area contributed by atoms with Crippen LogP contribution in [0.5, 0.6) is 5.88 Å². The number of carboxylic acid groups (broad SMARTS) is 1. The number of aromatic nitrogens is 1. The van der Waals surface area contributed by atoms with Crippen LogP contribution in [0.25, 0.3) is 0 Å². The zero-order valence-corrected chi connectivity index (χ0v) is 17.9. The maximum atomic E-state index is 12.3. The van der Waals surface area contributed by atoms with Gasteiger partial charge >= 0.3 is 12.1 Å². The minimum absolute atomic E-state index is 0.0379. The molecule has 7 nitrogen and oxygen atoms in total. The molecule has 1 unspecified atom stereocenters. The molecule has 3 fully saturated rings. The molecule has 4 rings (SSSR count). The fraction of sp³-hybridized carbons (Fsp3) is 0.682. The lowest BCUT2D eigenvalue weighted by Crippen LogP contribution is -2.49. The molecule has 0 radical (unpaired) electrons. The van der Waals surface area contributed by atoms with Gasteiger partial charge in [-0.15, -0.1) is 0 Å². The topological polar surface area (TPSA) is 89.0 Å². The maximum absolute atomic E-state index is 12.3. The highest BCUT2D eigenvalue weighted by atomic mass is 19.4. The largest absolute Gasteiger partial charge is 0.490 e. The lowest BCUT2D eigenvalue weighted by atomic mass is 9.78. The smallest absolute Gasteiger partial charge is 0.478 e. The van der Waals surface area contributed by atoms with Crippen LogP contribution >= 0.6 is 0 Å². The summed E-state index contributed by atoms with van der Waals surface area (Å²) in [7, 11) is 0. The van der Waals surface area contributed by atoms with Gasteiger partial charge < -0.3 is 19.5 Å². The summed E-state index contributed by atoms with van der Waals surface area (Å²) in [5, 5.41) is 7.12. The molecule has 1 saturated carbocycles. The molecule has 178 valence electrons. The lowest BCUT2D eigenvalue weighted by Gasteiger charge is -2.42. The van der Waals surface area contributed by atoms with Gasteiger partial charge in [0, 0.05) is 38.4 Å². The molecule has 3 heterocycles. The zero-order valence-electron chi connectivity index (χ0n) is 17.9. The molecule has 0 aromatic carbocycles.